The first-order valence-corrected chi connectivity index (χ1v) is 10.2. The van der Waals surface area contributed by atoms with Crippen LogP contribution >= 0.6 is 11.3 Å². The van der Waals surface area contributed by atoms with E-state index >= 15 is 0 Å². The Morgan fingerprint density at radius 2 is 1.76 bits per heavy atom. The monoisotopic (exact) mass is 411 g/mol. The summed E-state index contributed by atoms with van der Waals surface area (Å²) in [4.78, 5) is 14.1. The van der Waals surface area contributed by atoms with Crippen molar-refractivity contribution in [3.63, 3.8) is 0 Å². The third kappa shape index (κ3) is 7.08. The lowest BCUT2D eigenvalue weighted by atomic mass is 10.3. The summed E-state index contributed by atoms with van der Waals surface area (Å²) in [5, 5.41) is 7.56. The number of nitrogens with one attached hydrogen (secondary N) is 2. The summed E-state index contributed by atoms with van der Waals surface area (Å²) >= 11 is 1.67. The third-order valence-electron chi connectivity index (χ3n) is 3.90. The van der Waals surface area contributed by atoms with Gasteiger partial charge < -0.3 is 20.1 Å². The van der Waals surface area contributed by atoms with Gasteiger partial charge >= 0.3 is 0 Å². The van der Waals surface area contributed by atoms with E-state index in [1.54, 1.807) is 24.6 Å². The van der Waals surface area contributed by atoms with E-state index in [2.05, 4.69) is 25.6 Å². The van der Waals surface area contributed by atoms with Crippen molar-refractivity contribution in [2.24, 2.45) is 4.99 Å². The second-order valence-electron chi connectivity index (χ2n) is 6.16. The Morgan fingerprint density at radius 1 is 0.966 bits per heavy atom. The van der Waals surface area contributed by atoms with E-state index in [0.717, 1.165) is 22.3 Å². The molecule has 0 amide bonds. The molecule has 0 aliphatic carbocycles. The predicted molar refractivity (Wildman–Crippen MR) is 116 cm³/mol. The fourth-order valence-electron chi connectivity index (χ4n) is 2.47. The quantitative estimate of drug-likeness (QED) is 0.320. The molecule has 2 N–H and O–H groups in total. The Hall–Kier alpha value is -3.13. The Bertz CT molecular complexity index is 897. The van der Waals surface area contributed by atoms with Gasteiger partial charge in [0.25, 0.3) is 0 Å². The van der Waals surface area contributed by atoms with Crippen molar-refractivity contribution in [1.29, 1.82) is 0 Å². The van der Waals surface area contributed by atoms with E-state index in [-0.39, 0.29) is 0 Å². The lowest BCUT2D eigenvalue weighted by molar-refractivity contribution is 0.212. The summed E-state index contributed by atoms with van der Waals surface area (Å²) in [5.41, 5.74) is 1.03. The van der Waals surface area contributed by atoms with Crippen molar-refractivity contribution >= 4 is 17.3 Å². The average molecular weight is 412 g/mol. The number of para-hydroxylation sites is 1. The zero-order chi connectivity index (χ0) is 20.3. The lowest BCUT2D eigenvalue weighted by Gasteiger charge is -2.11. The van der Waals surface area contributed by atoms with Gasteiger partial charge in [-0.25, -0.2) is 9.97 Å². The molecule has 8 heteroatoms. The predicted octanol–water partition coefficient (Wildman–Crippen LogP) is 3.17. The maximum Gasteiger partial charge on any atom is 0.213 e. The third-order valence-corrected chi connectivity index (χ3v) is 4.82. The molecule has 0 bridgehead atoms. The Labute approximate surface area is 174 Å². The van der Waals surface area contributed by atoms with Gasteiger partial charge in [-0.3, -0.25) is 4.99 Å². The molecule has 0 aliphatic rings. The molecule has 0 aliphatic heterocycles. The van der Waals surface area contributed by atoms with Crippen LogP contribution < -0.4 is 20.1 Å². The van der Waals surface area contributed by atoms with Crippen molar-refractivity contribution in [1.82, 2.24) is 20.6 Å². The fourth-order valence-corrected chi connectivity index (χ4v) is 3.20. The van der Waals surface area contributed by atoms with Gasteiger partial charge in [0.15, 0.2) is 5.96 Å². The number of hydrogen-bond acceptors (Lipinski definition) is 6. The summed E-state index contributed by atoms with van der Waals surface area (Å²) in [6.45, 7) is 4.21. The first kappa shape index (κ1) is 20.6. The summed E-state index contributed by atoms with van der Waals surface area (Å²) in [7, 11) is 1.75. The number of guanidine groups is 1. The van der Waals surface area contributed by atoms with Gasteiger partial charge in [-0.05, 0) is 24.6 Å². The summed E-state index contributed by atoms with van der Waals surface area (Å²) in [5.74, 6) is 2.13. The van der Waals surface area contributed by atoms with Gasteiger partial charge in [-0.15, -0.1) is 11.3 Å². The van der Waals surface area contributed by atoms with Crippen LogP contribution in [0.1, 0.15) is 15.4 Å². The highest BCUT2D eigenvalue weighted by Crippen LogP contribution is 2.11. The number of aryl methyl sites for hydroxylation is 1. The van der Waals surface area contributed by atoms with Gasteiger partial charge in [-0.1, -0.05) is 24.3 Å². The molecule has 7 nitrogen and oxygen atoms in total. The molecule has 0 spiro atoms. The largest absolute Gasteiger partial charge is 0.490 e. The SMILES string of the molecule is CN=C(NCc1ccc(OCCOc2ccccc2)nc1)NCc1ncc(C)s1. The number of aromatic nitrogens is 2. The number of benzene rings is 1. The van der Waals surface area contributed by atoms with Crippen molar-refractivity contribution in [3.05, 3.63) is 70.3 Å². The maximum absolute atomic E-state index is 5.62. The van der Waals surface area contributed by atoms with E-state index in [9.17, 15) is 0 Å². The van der Waals surface area contributed by atoms with Crippen molar-refractivity contribution in [2.45, 2.75) is 20.0 Å². The molecule has 0 fully saturated rings. The highest BCUT2D eigenvalue weighted by Gasteiger charge is 2.03. The Balaban J connectivity index is 1.36. The first-order valence-electron chi connectivity index (χ1n) is 9.34. The van der Waals surface area contributed by atoms with Gasteiger partial charge in [0, 0.05) is 36.9 Å². The smallest absolute Gasteiger partial charge is 0.213 e. The average Bonchev–Trinajstić information content (AvgIpc) is 3.18. The topological polar surface area (TPSA) is 80.7 Å². The minimum absolute atomic E-state index is 0.437. The first-order chi connectivity index (χ1) is 14.2. The van der Waals surface area contributed by atoms with E-state index in [1.165, 1.54) is 4.88 Å². The Morgan fingerprint density at radius 3 is 2.45 bits per heavy atom. The zero-order valence-corrected chi connectivity index (χ0v) is 17.4. The number of nitrogens with zero attached hydrogens (tertiary/aromatic N) is 3. The van der Waals surface area contributed by atoms with Crippen LogP contribution in [0.5, 0.6) is 11.6 Å². The van der Waals surface area contributed by atoms with Crippen LogP contribution in [0, 0.1) is 6.92 Å². The second-order valence-corrected chi connectivity index (χ2v) is 7.48. The number of pyridine rings is 1. The van der Waals surface area contributed by atoms with Crippen LogP contribution in [-0.2, 0) is 13.1 Å². The van der Waals surface area contributed by atoms with E-state index in [0.29, 0.717) is 32.2 Å². The molecule has 0 saturated heterocycles. The molecule has 0 radical (unpaired) electrons. The van der Waals surface area contributed by atoms with Crippen LogP contribution in [0.25, 0.3) is 0 Å². The zero-order valence-electron chi connectivity index (χ0n) is 16.6. The second kappa shape index (κ2) is 11.0. The van der Waals surface area contributed by atoms with Crippen molar-refractivity contribution in [2.75, 3.05) is 20.3 Å². The molecular weight excluding hydrogens is 386 g/mol. The van der Waals surface area contributed by atoms with Crippen molar-refractivity contribution in [3.8, 4) is 11.6 Å². The lowest BCUT2D eigenvalue weighted by Crippen LogP contribution is -2.36. The van der Waals surface area contributed by atoms with Gasteiger partial charge in [0.05, 0.1) is 6.54 Å². The summed E-state index contributed by atoms with van der Waals surface area (Å²) in [6.07, 6.45) is 3.67. The molecule has 29 heavy (non-hydrogen) atoms. The van der Waals surface area contributed by atoms with Crippen LogP contribution in [0.15, 0.2) is 59.9 Å². The van der Waals surface area contributed by atoms with E-state index in [4.69, 9.17) is 9.47 Å². The number of rotatable bonds is 9. The molecule has 2 aromatic heterocycles. The highest BCUT2D eigenvalue weighted by molar-refractivity contribution is 7.11. The van der Waals surface area contributed by atoms with Gasteiger partial charge in [0.1, 0.15) is 24.0 Å². The molecular formula is C21H25N5O2S. The molecule has 0 saturated carbocycles. The standard InChI is InChI=1S/C21H25N5O2S/c1-16-12-24-20(29-16)15-26-21(22-2)25-14-17-8-9-19(23-13-17)28-11-10-27-18-6-4-3-5-7-18/h3-9,12-13H,10-11,14-15H2,1-2H3,(H2,22,25,26). The highest BCUT2D eigenvalue weighted by atomic mass is 32.1. The van der Waals surface area contributed by atoms with E-state index < -0.39 is 0 Å². The van der Waals surface area contributed by atoms with Crippen LogP contribution in [0.2, 0.25) is 0 Å². The molecule has 1 aromatic carbocycles. The minimum atomic E-state index is 0.437. The van der Waals surface area contributed by atoms with Gasteiger partial charge in [0.2, 0.25) is 5.88 Å². The summed E-state index contributed by atoms with van der Waals surface area (Å²) < 4.78 is 11.2. The van der Waals surface area contributed by atoms with E-state index in [1.807, 2.05) is 55.6 Å². The number of aliphatic imine (C=N–C) groups is 1. The number of hydrogen-bond donors (Lipinski definition) is 2. The Kier molecular flexibility index (Phi) is 7.82. The van der Waals surface area contributed by atoms with Crippen LogP contribution in [0.3, 0.4) is 0 Å². The minimum Gasteiger partial charge on any atom is -0.490 e. The molecule has 2 heterocycles. The maximum atomic E-state index is 5.62. The summed E-state index contributed by atoms with van der Waals surface area (Å²) in [6, 6.07) is 13.5. The molecule has 3 aromatic rings. The molecule has 152 valence electrons. The fraction of sp³-hybridized carbons (Fsp3) is 0.286. The van der Waals surface area contributed by atoms with Crippen LogP contribution in [0.4, 0.5) is 0 Å². The molecule has 0 unspecified atom stereocenters. The molecule has 0 atom stereocenters. The van der Waals surface area contributed by atoms with Gasteiger partial charge in [-0.2, -0.15) is 0 Å². The van der Waals surface area contributed by atoms with Crippen LogP contribution in [-0.4, -0.2) is 36.2 Å². The van der Waals surface area contributed by atoms with Crippen molar-refractivity contribution < 1.29 is 9.47 Å². The number of ether oxygens (including phenoxy) is 2. The normalized spacial score (nSPS) is 11.2. The molecule has 3 rings (SSSR count). The number of thiazole rings is 1.